The number of piperazine rings is 1. The number of fused-ring (bicyclic) bond motifs is 1. The predicted molar refractivity (Wildman–Crippen MR) is 80.5 cm³/mol. The van der Waals surface area contributed by atoms with Crippen LogP contribution in [-0.2, 0) is 0 Å². The summed E-state index contributed by atoms with van der Waals surface area (Å²) in [6, 6.07) is 13.9. The number of rotatable bonds is 2. The minimum absolute atomic E-state index is 0.0275. The number of hydrogen-bond donors (Lipinski definition) is 1. The first kappa shape index (κ1) is 13.1. The summed E-state index contributed by atoms with van der Waals surface area (Å²) in [7, 11) is 2.10. The maximum atomic E-state index is 12.3. The summed E-state index contributed by atoms with van der Waals surface area (Å²) in [5, 5.41) is 4.25. The van der Waals surface area contributed by atoms with E-state index in [0.29, 0.717) is 5.56 Å². The normalized spacial score (nSPS) is 17.2. The zero-order chi connectivity index (χ0) is 13.9. The van der Waals surface area contributed by atoms with Crippen molar-refractivity contribution in [1.29, 1.82) is 0 Å². The maximum Gasteiger partial charge on any atom is 0.265 e. The van der Waals surface area contributed by atoms with Gasteiger partial charge in [-0.15, -0.1) is 0 Å². The highest BCUT2D eigenvalue weighted by atomic mass is 16.2. The van der Waals surface area contributed by atoms with Gasteiger partial charge in [0.05, 0.1) is 0 Å². The average molecular weight is 269 g/mol. The van der Waals surface area contributed by atoms with Crippen LogP contribution in [0, 0.1) is 0 Å². The Hall–Kier alpha value is -1.91. The molecule has 1 fully saturated rings. The summed E-state index contributed by atoms with van der Waals surface area (Å²) in [5.41, 5.74) is 3.70. The third-order valence-corrected chi connectivity index (χ3v) is 3.77. The first-order valence-corrected chi connectivity index (χ1v) is 6.96. The molecule has 0 saturated carbocycles. The van der Waals surface area contributed by atoms with Gasteiger partial charge in [0, 0.05) is 31.7 Å². The molecule has 104 valence electrons. The largest absolute Gasteiger partial charge is 0.304 e. The van der Waals surface area contributed by atoms with Gasteiger partial charge in [-0.25, -0.2) is 5.01 Å². The molecule has 1 N–H and O–H groups in total. The van der Waals surface area contributed by atoms with Crippen molar-refractivity contribution in [2.24, 2.45) is 0 Å². The highest BCUT2D eigenvalue weighted by Crippen LogP contribution is 2.15. The molecule has 0 radical (unpaired) electrons. The van der Waals surface area contributed by atoms with Crippen molar-refractivity contribution in [3.05, 3.63) is 48.0 Å². The van der Waals surface area contributed by atoms with Gasteiger partial charge in [0.2, 0.25) is 0 Å². The lowest BCUT2D eigenvalue weighted by atomic mass is 10.1. The molecule has 0 aliphatic carbocycles. The van der Waals surface area contributed by atoms with E-state index in [2.05, 4.69) is 23.4 Å². The fraction of sp³-hybridized carbons (Fsp3) is 0.312. The molecule has 1 aliphatic heterocycles. The van der Waals surface area contributed by atoms with Crippen LogP contribution in [0.3, 0.4) is 0 Å². The second-order valence-corrected chi connectivity index (χ2v) is 5.29. The molecule has 2 aromatic rings. The molecule has 4 nitrogen and oxygen atoms in total. The second kappa shape index (κ2) is 5.61. The summed E-state index contributed by atoms with van der Waals surface area (Å²) < 4.78 is 0. The third-order valence-electron chi connectivity index (χ3n) is 3.77. The molecular formula is C16H19N3O. The number of nitrogens with zero attached hydrogens (tertiary/aromatic N) is 2. The van der Waals surface area contributed by atoms with Crippen molar-refractivity contribution in [2.45, 2.75) is 0 Å². The van der Waals surface area contributed by atoms with E-state index in [0.717, 1.165) is 37.0 Å². The first-order valence-electron chi connectivity index (χ1n) is 6.96. The van der Waals surface area contributed by atoms with Crippen LogP contribution in [0.25, 0.3) is 10.8 Å². The fourth-order valence-corrected chi connectivity index (χ4v) is 2.46. The van der Waals surface area contributed by atoms with E-state index in [1.807, 2.05) is 41.4 Å². The molecule has 0 unspecified atom stereocenters. The Morgan fingerprint density at radius 3 is 2.45 bits per heavy atom. The van der Waals surface area contributed by atoms with Crippen LogP contribution in [0.1, 0.15) is 10.4 Å². The molecule has 1 heterocycles. The fourth-order valence-electron chi connectivity index (χ4n) is 2.46. The van der Waals surface area contributed by atoms with Crippen molar-refractivity contribution >= 4 is 16.7 Å². The molecule has 0 aromatic heterocycles. The van der Waals surface area contributed by atoms with Gasteiger partial charge >= 0.3 is 0 Å². The smallest absolute Gasteiger partial charge is 0.265 e. The van der Waals surface area contributed by atoms with Gasteiger partial charge in [0.1, 0.15) is 0 Å². The number of carbonyl (C=O) groups is 1. The molecule has 20 heavy (non-hydrogen) atoms. The quantitative estimate of drug-likeness (QED) is 0.902. The zero-order valence-corrected chi connectivity index (χ0v) is 11.7. The van der Waals surface area contributed by atoms with Gasteiger partial charge in [-0.2, -0.15) is 0 Å². The number of likely N-dealkylation sites (N-methyl/N-ethyl adjacent to an activating group) is 1. The van der Waals surface area contributed by atoms with Gasteiger partial charge in [-0.05, 0) is 30.0 Å². The predicted octanol–water partition coefficient (Wildman–Crippen LogP) is 1.73. The monoisotopic (exact) mass is 269 g/mol. The van der Waals surface area contributed by atoms with Gasteiger partial charge in [-0.1, -0.05) is 30.3 Å². The molecule has 0 bridgehead atoms. The van der Waals surface area contributed by atoms with Crippen molar-refractivity contribution in [2.75, 3.05) is 33.2 Å². The summed E-state index contributed by atoms with van der Waals surface area (Å²) in [4.78, 5) is 14.5. The lowest BCUT2D eigenvalue weighted by Crippen LogP contribution is -2.52. The molecule has 0 atom stereocenters. The Balaban J connectivity index is 1.72. The van der Waals surface area contributed by atoms with E-state index in [1.165, 1.54) is 0 Å². The van der Waals surface area contributed by atoms with E-state index in [-0.39, 0.29) is 5.91 Å². The van der Waals surface area contributed by atoms with Gasteiger partial charge in [0.25, 0.3) is 5.91 Å². The molecule has 1 aliphatic rings. The average Bonchev–Trinajstić information content (AvgIpc) is 2.49. The minimum atomic E-state index is -0.0275. The molecule has 3 rings (SSSR count). The molecule has 0 spiro atoms. The number of hydrazine groups is 1. The lowest BCUT2D eigenvalue weighted by Gasteiger charge is -2.32. The molecule has 1 amide bonds. The molecular weight excluding hydrogens is 250 g/mol. The SMILES string of the molecule is CN1CCN(NC(=O)c2ccc3ccccc3c2)CC1. The van der Waals surface area contributed by atoms with Gasteiger partial charge < -0.3 is 4.90 Å². The third kappa shape index (κ3) is 2.81. The van der Waals surface area contributed by atoms with Crippen LogP contribution in [0.2, 0.25) is 0 Å². The van der Waals surface area contributed by atoms with Crippen molar-refractivity contribution in [3.63, 3.8) is 0 Å². The van der Waals surface area contributed by atoms with Crippen LogP contribution in [-0.4, -0.2) is 49.0 Å². The Morgan fingerprint density at radius 1 is 1.00 bits per heavy atom. The highest BCUT2D eigenvalue weighted by molar-refractivity contribution is 5.98. The Labute approximate surface area is 118 Å². The minimum Gasteiger partial charge on any atom is -0.304 e. The van der Waals surface area contributed by atoms with E-state index in [9.17, 15) is 4.79 Å². The van der Waals surface area contributed by atoms with Crippen molar-refractivity contribution in [1.82, 2.24) is 15.3 Å². The Bertz CT molecular complexity index is 618. The summed E-state index contributed by atoms with van der Waals surface area (Å²) in [5.74, 6) is -0.0275. The van der Waals surface area contributed by atoms with Crippen LogP contribution in [0.5, 0.6) is 0 Å². The Morgan fingerprint density at radius 2 is 1.70 bits per heavy atom. The van der Waals surface area contributed by atoms with Crippen LogP contribution in [0.15, 0.2) is 42.5 Å². The van der Waals surface area contributed by atoms with E-state index < -0.39 is 0 Å². The number of carbonyl (C=O) groups excluding carboxylic acids is 1. The standard InChI is InChI=1S/C16H19N3O/c1-18-8-10-19(11-9-18)17-16(20)15-7-6-13-4-2-3-5-14(13)12-15/h2-7,12H,8-11H2,1H3,(H,17,20). The van der Waals surface area contributed by atoms with E-state index in [4.69, 9.17) is 0 Å². The van der Waals surface area contributed by atoms with E-state index in [1.54, 1.807) is 0 Å². The molecule has 2 aromatic carbocycles. The summed E-state index contributed by atoms with van der Waals surface area (Å²) in [6.07, 6.45) is 0. The zero-order valence-electron chi connectivity index (χ0n) is 11.7. The van der Waals surface area contributed by atoms with Crippen molar-refractivity contribution < 1.29 is 4.79 Å². The number of amides is 1. The number of hydrogen-bond acceptors (Lipinski definition) is 3. The Kier molecular flexibility index (Phi) is 3.67. The summed E-state index contributed by atoms with van der Waals surface area (Å²) >= 11 is 0. The first-order chi connectivity index (χ1) is 9.72. The van der Waals surface area contributed by atoms with E-state index >= 15 is 0 Å². The second-order valence-electron chi connectivity index (χ2n) is 5.29. The topological polar surface area (TPSA) is 35.6 Å². The molecule has 4 heteroatoms. The number of benzene rings is 2. The highest BCUT2D eigenvalue weighted by Gasteiger charge is 2.16. The van der Waals surface area contributed by atoms with Crippen molar-refractivity contribution in [3.8, 4) is 0 Å². The van der Waals surface area contributed by atoms with Gasteiger partial charge in [-0.3, -0.25) is 10.2 Å². The lowest BCUT2D eigenvalue weighted by molar-refractivity contribution is 0.0662. The number of nitrogens with one attached hydrogen (secondary N) is 1. The summed E-state index contributed by atoms with van der Waals surface area (Å²) in [6.45, 7) is 3.71. The molecule has 1 saturated heterocycles. The maximum absolute atomic E-state index is 12.3. The van der Waals surface area contributed by atoms with Gasteiger partial charge in [0.15, 0.2) is 0 Å². The van der Waals surface area contributed by atoms with Crippen LogP contribution >= 0.6 is 0 Å². The van der Waals surface area contributed by atoms with Crippen LogP contribution < -0.4 is 5.43 Å². The van der Waals surface area contributed by atoms with Crippen LogP contribution in [0.4, 0.5) is 0 Å².